The summed E-state index contributed by atoms with van der Waals surface area (Å²) < 4.78 is 10.7. The Balaban J connectivity index is 1.26. The quantitative estimate of drug-likeness (QED) is 0.412. The number of carbonyl (C=O) groups excluding carboxylic acids is 3. The van der Waals surface area contributed by atoms with Crippen molar-refractivity contribution in [2.75, 3.05) is 49.6 Å². The smallest absolute Gasteiger partial charge is 0.410 e. The van der Waals surface area contributed by atoms with E-state index in [1.165, 1.54) is 0 Å². The van der Waals surface area contributed by atoms with Gasteiger partial charge in [0.1, 0.15) is 17.4 Å². The SMILES string of the molecule is NC(=O)c1ccc(N2CCCC(NC(=O)Oc3ccccc3)C2)nc1Nc1ccc(C(=O)N2CCOCC2)cc1. The number of nitrogens with one attached hydrogen (secondary N) is 2. The number of nitrogens with two attached hydrogens (primary N) is 1. The number of benzene rings is 2. The molecule has 4 N–H and O–H groups in total. The van der Waals surface area contributed by atoms with Gasteiger partial charge in [-0.3, -0.25) is 9.59 Å². The van der Waals surface area contributed by atoms with E-state index < -0.39 is 12.0 Å². The highest BCUT2D eigenvalue weighted by molar-refractivity contribution is 5.99. The number of para-hydroxylation sites is 1. The summed E-state index contributed by atoms with van der Waals surface area (Å²) in [6.07, 6.45) is 1.14. The summed E-state index contributed by atoms with van der Waals surface area (Å²) in [6, 6.07) is 19.2. The molecular formula is C29H32N6O5. The fourth-order valence-electron chi connectivity index (χ4n) is 4.80. The molecule has 11 nitrogen and oxygen atoms in total. The largest absolute Gasteiger partial charge is 0.412 e. The molecule has 3 aromatic rings. The van der Waals surface area contributed by atoms with Gasteiger partial charge >= 0.3 is 6.09 Å². The third-order valence-corrected chi connectivity index (χ3v) is 6.86. The van der Waals surface area contributed by atoms with Crippen LogP contribution in [0.3, 0.4) is 0 Å². The van der Waals surface area contributed by atoms with Gasteiger partial charge in [0, 0.05) is 43.5 Å². The highest BCUT2D eigenvalue weighted by Crippen LogP contribution is 2.25. The minimum Gasteiger partial charge on any atom is -0.410 e. The van der Waals surface area contributed by atoms with Gasteiger partial charge in [-0.05, 0) is 61.4 Å². The number of nitrogens with zero attached hydrogens (tertiary/aromatic N) is 3. The van der Waals surface area contributed by atoms with Crippen LogP contribution in [0.15, 0.2) is 66.7 Å². The lowest BCUT2D eigenvalue weighted by atomic mass is 10.1. The van der Waals surface area contributed by atoms with E-state index >= 15 is 0 Å². The topological polar surface area (TPSA) is 139 Å². The summed E-state index contributed by atoms with van der Waals surface area (Å²) in [6.45, 7) is 3.48. The van der Waals surface area contributed by atoms with Gasteiger partial charge in [0.25, 0.3) is 11.8 Å². The number of carbonyl (C=O) groups is 3. The number of morpholine rings is 1. The summed E-state index contributed by atoms with van der Waals surface area (Å²) in [5.74, 6) is 0.784. The van der Waals surface area contributed by atoms with E-state index in [-0.39, 0.29) is 17.5 Å². The molecule has 2 aromatic carbocycles. The lowest BCUT2D eigenvalue weighted by Gasteiger charge is -2.34. The molecule has 2 saturated heterocycles. The maximum atomic E-state index is 12.8. The highest BCUT2D eigenvalue weighted by atomic mass is 16.6. The predicted molar refractivity (Wildman–Crippen MR) is 150 cm³/mol. The maximum Gasteiger partial charge on any atom is 0.412 e. The van der Waals surface area contributed by atoms with Gasteiger partial charge in [0.15, 0.2) is 0 Å². The van der Waals surface area contributed by atoms with Crippen molar-refractivity contribution in [2.24, 2.45) is 5.73 Å². The van der Waals surface area contributed by atoms with E-state index in [9.17, 15) is 14.4 Å². The van der Waals surface area contributed by atoms with Gasteiger partial charge in [-0.1, -0.05) is 18.2 Å². The van der Waals surface area contributed by atoms with E-state index in [0.29, 0.717) is 61.5 Å². The van der Waals surface area contributed by atoms with Crippen LogP contribution in [0, 0.1) is 0 Å². The van der Waals surface area contributed by atoms with Crippen molar-refractivity contribution in [3.63, 3.8) is 0 Å². The second-order valence-corrected chi connectivity index (χ2v) is 9.67. The Morgan fingerprint density at radius 2 is 1.70 bits per heavy atom. The molecule has 0 radical (unpaired) electrons. The van der Waals surface area contributed by atoms with Gasteiger partial charge in [-0.2, -0.15) is 0 Å². The molecule has 0 aliphatic carbocycles. The summed E-state index contributed by atoms with van der Waals surface area (Å²) in [5, 5.41) is 6.11. The number of hydrogen-bond donors (Lipinski definition) is 3. The highest BCUT2D eigenvalue weighted by Gasteiger charge is 2.24. The number of amides is 3. The summed E-state index contributed by atoms with van der Waals surface area (Å²) in [7, 11) is 0. The Hall–Kier alpha value is -4.64. The molecule has 2 aliphatic rings. The molecule has 2 fully saturated rings. The number of aromatic nitrogens is 1. The van der Waals surface area contributed by atoms with Gasteiger partial charge < -0.3 is 35.6 Å². The standard InChI is InChI=1S/C29H32N6O5/c30-26(36)24-12-13-25(35-14-4-5-22(19-35)32-29(38)40-23-6-2-1-3-7-23)33-27(24)31-21-10-8-20(9-11-21)28(37)34-15-17-39-18-16-34/h1-3,6-13,22H,4-5,14-19H2,(H2,30,36)(H,31,33)(H,32,38). The number of piperidine rings is 1. The van der Waals surface area contributed by atoms with Crippen LogP contribution in [0.4, 0.5) is 22.1 Å². The van der Waals surface area contributed by atoms with E-state index in [1.807, 2.05) is 6.07 Å². The van der Waals surface area contributed by atoms with Crippen molar-refractivity contribution in [3.05, 3.63) is 77.9 Å². The van der Waals surface area contributed by atoms with Crippen LogP contribution in [-0.2, 0) is 4.74 Å². The summed E-state index contributed by atoms with van der Waals surface area (Å²) in [5.41, 5.74) is 7.11. The Morgan fingerprint density at radius 3 is 2.42 bits per heavy atom. The van der Waals surface area contributed by atoms with E-state index in [0.717, 1.165) is 19.4 Å². The van der Waals surface area contributed by atoms with E-state index in [4.69, 9.17) is 20.2 Å². The Morgan fingerprint density at radius 1 is 0.950 bits per heavy atom. The number of hydrogen-bond acceptors (Lipinski definition) is 8. The molecule has 0 saturated carbocycles. The van der Waals surface area contributed by atoms with Crippen molar-refractivity contribution >= 4 is 35.2 Å². The van der Waals surface area contributed by atoms with Crippen molar-refractivity contribution in [2.45, 2.75) is 18.9 Å². The van der Waals surface area contributed by atoms with Crippen LogP contribution >= 0.6 is 0 Å². The van der Waals surface area contributed by atoms with Crippen LogP contribution in [-0.4, -0.2) is 73.2 Å². The molecule has 40 heavy (non-hydrogen) atoms. The molecule has 11 heteroatoms. The molecule has 1 unspecified atom stereocenters. The zero-order chi connectivity index (χ0) is 27.9. The number of pyridine rings is 1. The van der Waals surface area contributed by atoms with Crippen LogP contribution in [0.1, 0.15) is 33.6 Å². The fraction of sp³-hybridized carbons (Fsp3) is 0.310. The summed E-state index contributed by atoms with van der Waals surface area (Å²) >= 11 is 0. The second kappa shape index (κ2) is 12.5. The number of anilines is 3. The van der Waals surface area contributed by atoms with E-state index in [2.05, 4.69) is 15.5 Å². The molecule has 0 spiro atoms. The van der Waals surface area contributed by atoms with Crippen molar-refractivity contribution in [1.82, 2.24) is 15.2 Å². The monoisotopic (exact) mass is 544 g/mol. The first kappa shape index (κ1) is 26.9. The van der Waals surface area contributed by atoms with Gasteiger partial charge in [0.05, 0.1) is 18.8 Å². The lowest BCUT2D eigenvalue weighted by Crippen LogP contribution is -2.48. The normalized spacial score (nSPS) is 17.1. The summed E-state index contributed by atoms with van der Waals surface area (Å²) in [4.78, 5) is 45.8. The van der Waals surface area contributed by atoms with E-state index in [1.54, 1.807) is 65.6 Å². The molecular weight excluding hydrogens is 512 g/mol. The third-order valence-electron chi connectivity index (χ3n) is 6.86. The average Bonchev–Trinajstić information content (AvgIpc) is 2.98. The van der Waals surface area contributed by atoms with Crippen LogP contribution in [0.2, 0.25) is 0 Å². The first-order valence-electron chi connectivity index (χ1n) is 13.3. The zero-order valence-corrected chi connectivity index (χ0v) is 22.0. The molecule has 208 valence electrons. The Labute approximate surface area is 232 Å². The number of primary amides is 1. The fourth-order valence-corrected chi connectivity index (χ4v) is 4.80. The average molecular weight is 545 g/mol. The van der Waals surface area contributed by atoms with Crippen LogP contribution in [0.25, 0.3) is 0 Å². The lowest BCUT2D eigenvalue weighted by molar-refractivity contribution is 0.0303. The molecule has 5 rings (SSSR count). The van der Waals surface area contributed by atoms with Crippen molar-refractivity contribution in [1.29, 1.82) is 0 Å². The molecule has 3 amide bonds. The predicted octanol–water partition coefficient (Wildman–Crippen LogP) is 3.15. The Kier molecular flexibility index (Phi) is 8.41. The van der Waals surface area contributed by atoms with Crippen LogP contribution in [0.5, 0.6) is 5.75 Å². The number of ether oxygens (including phenoxy) is 2. The molecule has 3 heterocycles. The maximum absolute atomic E-state index is 12.8. The van der Waals surface area contributed by atoms with Gasteiger partial charge in [0.2, 0.25) is 0 Å². The van der Waals surface area contributed by atoms with Gasteiger partial charge in [-0.25, -0.2) is 9.78 Å². The first-order chi connectivity index (χ1) is 19.5. The molecule has 2 aliphatic heterocycles. The van der Waals surface area contributed by atoms with Gasteiger partial charge in [-0.15, -0.1) is 0 Å². The first-order valence-corrected chi connectivity index (χ1v) is 13.3. The third kappa shape index (κ3) is 6.67. The molecule has 1 aromatic heterocycles. The zero-order valence-electron chi connectivity index (χ0n) is 22.0. The second-order valence-electron chi connectivity index (χ2n) is 9.67. The molecule has 0 bridgehead atoms. The van der Waals surface area contributed by atoms with Crippen molar-refractivity contribution < 1.29 is 23.9 Å². The Bertz CT molecular complexity index is 1340. The minimum atomic E-state index is -0.609. The molecule has 1 atom stereocenters. The van der Waals surface area contributed by atoms with Crippen molar-refractivity contribution in [3.8, 4) is 5.75 Å². The minimum absolute atomic E-state index is 0.0475. The van der Waals surface area contributed by atoms with Crippen LogP contribution < -0.4 is 26.0 Å². The number of rotatable bonds is 7.